The third-order valence-corrected chi connectivity index (χ3v) is 8.28. The van der Waals surface area contributed by atoms with Crippen LogP contribution in [0.15, 0.2) is 46.9 Å². The molecule has 2 saturated carbocycles. The van der Waals surface area contributed by atoms with E-state index in [1.165, 1.54) is 38.2 Å². The van der Waals surface area contributed by atoms with Crippen molar-refractivity contribution >= 4 is 38.6 Å². The van der Waals surface area contributed by atoms with Gasteiger partial charge in [-0.3, -0.25) is 0 Å². The number of alkyl halides is 3. The predicted octanol–water partition coefficient (Wildman–Crippen LogP) is 7.80. The highest BCUT2D eigenvalue weighted by molar-refractivity contribution is 9.10. The number of benzene rings is 2. The van der Waals surface area contributed by atoms with Gasteiger partial charge in [0.2, 0.25) is 5.95 Å². The van der Waals surface area contributed by atoms with Crippen LogP contribution in [0.25, 0.3) is 10.9 Å². The number of nitrogens with zero attached hydrogens (tertiary/aromatic N) is 2. The van der Waals surface area contributed by atoms with E-state index in [4.69, 9.17) is 9.97 Å². The first-order valence-corrected chi connectivity index (χ1v) is 14.7. The van der Waals surface area contributed by atoms with Crippen LogP contribution in [-0.4, -0.2) is 35.0 Å². The van der Waals surface area contributed by atoms with Gasteiger partial charge in [-0.15, -0.1) is 13.2 Å². The lowest BCUT2D eigenvalue weighted by atomic mass is 9.89. The fourth-order valence-corrected chi connectivity index (χ4v) is 6.02. The van der Waals surface area contributed by atoms with Gasteiger partial charge in [0.05, 0.1) is 5.52 Å². The van der Waals surface area contributed by atoms with Crippen LogP contribution in [0.3, 0.4) is 0 Å². The first kappa shape index (κ1) is 28.0. The van der Waals surface area contributed by atoms with Crippen molar-refractivity contribution in [2.45, 2.75) is 82.8 Å². The molecule has 0 amide bonds. The summed E-state index contributed by atoms with van der Waals surface area (Å²) >= 11 is 3.22. The minimum Gasteiger partial charge on any atom is -0.405 e. The number of ether oxygens (including phenoxy) is 1. The number of rotatable bonds is 9. The number of halogens is 4. The number of fused-ring (bicyclic) bond motifs is 1. The Bertz CT molecular complexity index is 1240. The summed E-state index contributed by atoms with van der Waals surface area (Å²) in [6, 6.07) is 13.3. The van der Waals surface area contributed by atoms with Gasteiger partial charge in [0, 0.05) is 40.6 Å². The van der Waals surface area contributed by atoms with Crippen LogP contribution >= 0.6 is 15.9 Å². The van der Waals surface area contributed by atoms with Crippen molar-refractivity contribution in [1.29, 1.82) is 0 Å². The van der Waals surface area contributed by atoms with Gasteiger partial charge in [0.15, 0.2) is 0 Å². The van der Waals surface area contributed by atoms with E-state index in [9.17, 15) is 13.2 Å². The van der Waals surface area contributed by atoms with Crippen molar-refractivity contribution in [3.8, 4) is 5.75 Å². The highest BCUT2D eigenvalue weighted by Crippen LogP contribution is 2.31. The minimum atomic E-state index is -4.73. The summed E-state index contributed by atoms with van der Waals surface area (Å²) in [6.45, 7) is 1.25. The van der Waals surface area contributed by atoms with Gasteiger partial charge >= 0.3 is 6.36 Å². The van der Waals surface area contributed by atoms with E-state index in [1.54, 1.807) is 12.1 Å². The molecule has 1 aromatic heterocycles. The molecule has 0 unspecified atom stereocenters. The number of hydrogen-bond donors (Lipinski definition) is 3. The molecule has 6 nitrogen and oxygen atoms in total. The number of para-hydroxylation sites is 1. The molecule has 0 spiro atoms. The predicted molar refractivity (Wildman–Crippen MR) is 152 cm³/mol. The van der Waals surface area contributed by atoms with Gasteiger partial charge in [-0.05, 0) is 68.7 Å². The molecule has 3 aromatic rings. The van der Waals surface area contributed by atoms with Crippen molar-refractivity contribution in [2.75, 3.05) is 17.2 Å². The van der Waals surface area contributed by atoms with E-state index in [1.807, 2.05) is 18.2 Å². The zero-order valence-corrected chi connectivity index (χ0v) is 23.5. The van der Waals surface area contributed by atoms with E-state index in [0.29, 0.717) is 28.4 Å². The van der Waals surface area contributed by atoms with Gasteiger partial charge in [0.1, 0.15) is 11.6 Å². The van der Waals surface area contributed by atoms with Crippen molar-refractivity contribution in [1.82, 2.24) is 15.3 Å². The van der Waals surface area contributed by atoms with E-state index in [-0.39, 0.29) is 17.8 Å². The normalized spacial score (nSPS) is 20.6. The van der Waals surface area contributed by atoms with Crippen LogP contribution in [0.4, 0.5) is 24.9 Å². The summed E-state index contributed by atoms with van der Waals surface area (Å²) in [7, 11) is 0. The summed E-state index contributed by atoms with van der Waals surface area (Å²) < 4.78 is 43.3. The van der Waals surface area contributed by atoms with Gasteiger partial charge in [0.25, 0.3) is 0 Å². The monoisotopic (exact) mass is 605 g/mol. The third kappa shape index (κ3) is 7.97. The molecule has 0 aliphatic heterocycles. The lowest BCUT2D eigenvalue weighted by molar-refractivity contribution is -0.274. The molecular weight excluding hydrogens is 571 g/mol. The maximum Gasteiger partial charge on any atom is 0.573 e. The molecule has 5 rings (SSSR count). The Morgan fingerprint density at radius 1 is 0.897 bits per heavy atom. The van der Waals surface area contributed by atoms with E-state index in [0.717, 1.165) is 48.9 Å². The van der Waals surface area contributed by atoms with E-state index >= 15 is 0 Å². The molecule has 210 valence electrons. The fourth-order valence-electron chi connectivity index (χ4n) is 5.68. The SMILES string of the molecule is FC(F)(F)Oc1cc(Br)ccc1CN[C@H]1CC[C@@H](Nc2nc(NCC3CCCCC3)c3ccccc3n2)CC1. The standard InChI is InChI=1S/C29H35BrF3N5O/c30-21-11-10-20(26(16-21)39-29(31,32)33)18-34-22-12-14-23(15-13-22)36-28-37-25-9-5-4-8-24(25)27(38-28)35-17-19-6-2-1-3-7-19/h4-5,8-11,16,19,22-23,34H,1-3,6-7,12-15,17-18H2,(H2,35,36,37,38)/t22-,23+. The molecule has 2 aliphatic carbocycles. The Balaban J connectivity index is 1.16. The number of hydrogen-bond acceptors (Lipinski definition) is 6. The Morgan fingerprint density at radius 2 is 1.64 bits per heavy atom. The lowest BCUT2D eigenvalue weighted by Crippen LogP contribution is -2.37. The quantitative estimate of drug-likeness (QED) is 0.231. The Morgan fingerprint density at radius 3 is 2.41 bits per heavy atom. The minimum absolute atomic E-state index is 0.180. The molecule has 1 heterocycles. The van der Waals surface area contributed by atoms with Crippen LogP contribution in [0.2, 0.25) is 0 Å². The summed E-state index contributed by atoms with van der Waals surface area (Å²) in [5.41, 5.74) is 1.40. The van der Waals surface area contributed by atoms with Crippen molar-refractivity contribution < 1.29 is 17.9 Å². The van der Waals surface area contributed by atoms with Crippen LogP contribution in [0.1, 0.15) is 63.4 Å². The highest BCUT2D eigenvalue weighted by Gasteiger charge is 2.32. The number of nitrogens with one attached hydrogen (secondary N) is 3. The molecule has 0 radical (unpaired) electrons. The van der Waals surface area contributed by atoms with Gasteiger partial charge < -0.3 is 20.7 Å². The van der Waals surface area contributed by atoms with Gasteiger partial charge in [-0.25, -0.2) is 4.98 Å². The van der Waals surface area contributed by atoms with E-state index in [2.05, 4.69) is 42.7 Å². The van der Waals surface area contributed by atoms with Crippen LogP contribution in [-0.2, 0) is 6.54 Å². The average molecular weight is 607 g/mol. The molecule has 2 aromatic carbocycles. The van der Waals surface area contributed by atoms with Crippen LogP contribution < -0.4 is 20.7 Å². The van der Waals surface area contributed by atoms with Crippen molar-refractivity contribution in [3.05, 3.63) is 52.5 Å². The maximum absolute atomic E-state index is 12.8. The molecular formula is C29H35BrF3N5O. The summed E-state index contributed by atoms with van der Waals surface area (Å²) in [5.74, 6) is 2.04. The van der Waals surface area contributed by atoms with Crippen LogP contribution in [0.5, 0.6) is 5.75 Å². The molecule has 3 N–H and O–H groups in total. The topological polar surface area (TPSA) is 71.1 Å². The molecule has 2 fully saturated rings. The summed E-state index contributed by atoms with van der Waals surface area (Å²) in [6.07, 6.45) is 5.45. The molecule has 0 saturated heterocycles. The summed E-state index contributed by atoms with van der Waals surface area (Å²) in [5, 5.41) is 11.6. The Kier molecular flexibility index (Phi) is 9.12. The molecule has 10 heteroatoms. The largest absolute Gasteiger partial charge is 0.573 e. The molecule has 0 bridgehead atoms. The molecule has 0 atom stereocenters. The fraction of sp³-hybridized carbons (Fsp3) is 0.517. The first-order chi connectivity index (χ1) is 18.8. The Labute approximate surface area is 235 Å². The van der Waals surface area contributed by atoms with Crippen molar-refractivity contribution in [3.63, 3.8) is 0 Å². The van der Waals surface area contributed by atoms with E-state index < -0.39 is 6.36 Å². The molecule has 2 aliphatic rings. The van der Waals surface area contributed by atoms with Gasteiger partial charge in [-0.2, -0.15) is 4.98 Å². The third-order valence-electron chi connectivity index (χ3n) is 7.78. The second kappa shape index (κ2) is 12.7. The number of aromatic nitrogens is 2. The summed E-state index contributed by atoms with van der Waals surface area (Å²) in [4.78, 5) is 9.64. The zero-order valence-electron chi connectivity index (χ0n) is 21.9. The zero-order chi connectivity index (χ0) is 27.2. The highest BCUT2D eigenvalue weighted by atomic mass is 79.9. The second-order valence-electron chi connectivity index (χ2n) is 10.7. The lowest BCUT2D eigenvalue weighted by Gasteiger charge is -2.30. The second-order valence-corrected chi connectivity index (χ2v) is 11.6. The number of anilines is 2. The van der Waals surface area contributed by atoms with Gasteiger partial charge in [-0.1, -0.05) is 53.4 Å². The molecule has 39 heavy (non-hydrogen) atoms. The maximum atomic E-state index is 12.8. The smallest absolute Gasteiger partial charge is 0.405 e. The average Bonchev–Trinajstić information content (AvgIpc) is 2.92. The van der Waals surface area contributed by atoms with Crippen molar-refractivity contribution in [2.24, 2.45) is 5.92 Å². The van der Waals surface area contributed by atoms with Crippen LogP contribution in [0, 0.1) is 5.92 Å². The Hall–Kier alpha value is -2.59. The first-order valence-electron chi connectivity index (χ1n) is 13.9.